The van der Waals surface area contributed by atoms with E-state index in [-0.39, 0.29) is 0 Å². The number of fused-ring (bicyclic) bond motifs is 2. The predicted molar refractivity (Wildman–Crippen MR) is 129 cm³/mol. The van der Waals surface area contributed by atoms with E-state index < -0.39 is 0 Å². The lowest BCUT2D eigenvalue weighted by atomic mass is 9.91. The number of hydrogen-bond acceptors (Lipinski definition) is 5. The second kappa shape index (κ2) is 9.30. The smallest absolute Gasteiger partial charge is 0.137 e. The summed E-state index contributed by atoms with van der Waals surface area (Å²) < 4.78 is 2.29. The first-order valence-electron chi connectivity index (χ1n) is 12.1. The first-order valence-corrected chi connectivity index (χ1v) is 12.1. The molecule has 1 aliphatic heterocycles. The highest BCUT2D eigenvalue weighted by atomic mass is 15.2. The van der Waals surface area contributed by atoms with Crippen LogP contribution in [0.3, 0.4) is 0 Å². The van der Waals surface area contributed by atoms with Gasteiger partial charge in [-0.15, -0.1) is 0 Å². The quantitative estimate of drug-likeness (QED) is 0.593. The Bertz CT molecular complexity index is 1050. The lowest BCUT2D eigenvalue weighted by molar-refractivity contribution is 0.137. The molecule has 0 radical (unpaired) electrons. The molecule has 3 aromatic rings. The summed E-state index contributed by atoms with van der Waals surface area (Å²) in [6.07, 6.45) is 10.1. The topological polar surface area (TPSA) is 39.9 Å². The standard InChI is InChI=1S/C26H36N6/c1-29-16-12-21(13-17-29)30(2)19-24-22(28-25-11-4-5-15-32(24)25)18-31(3)23-10-6-8-20-9-7-14-27-26(20)23/h4-5,7,9,11,14-15,21,23H,6,8,10,12-13,16-19H2,1-3H3/t23-/m0/s1. The van der Waals surface area contributed by atoms with E-state index in [1.54, 1.807) is 0 Å². The highest BCUT2D eigenvalue weighted by Crippen LogP contribution is 2.33. The van der Waals surface area contributed by atoms with Gasteiger partial charge < -0.3 is 9.30 Å². The highest BCUT2D eigenvalue weighted by Gasteiger charge is 2.27. The van der Waals surface area contributed by atoms with E-state index in [1.807, 2.05) is 6.20 Å². The molecule has 0 unspecified atom stereocenters. The minimum atomic E-state index is 0.365. The maximum absolute atomic E-state index is 5.08. The summed E-state index contributed by atoms with van der Waals surface area (Å²) in [6, 6.07) is 11.6. The fourth-order valence-corrected chi connectivity index (χ4v) is 5.55. The molecule has 1 fully saturated rings. The zero-order chi connectivity index (χ0) is 22.1. The molecule has 1 saturated heterocycles. The first-order chi connectivity index (χ1) is 15.6. The van der Waals surface area contributed by atoms with Crippen LogP contribution >= 0.6 is 0 Å². The average Bonchev–Trinajstić information content (AvgIpc) is 3.15. The molecule has 2 aliphatic rings. The molecule has 1 atom stereocenters. The van der Waals surface area contributed by atoms with Crippen molar-refractivity contribution in [3.05, 3.63) is 65.4 Å². The normalized spacial score (nSPS) is 20.3. The second-order valence-electron chi connectivity index (χ2n) is 9.75. The van der Waals surface area contributed by atoms with Gasteiger partial charge in [0, 0.05) is 31.5 Å². The van der Waals surface area contributed by atoms with E-state index in [2.05, 4.69) is 76.8 Å². The Labute approximate surface area is 191 Å². The lowest BCUT2D eigenvalue weighted by Gasteiger charge is -2.35. The van der Waals surface area contributed by atoms with Gasteiger partial charge >= 0.3 is 0 Å². The van der Waals surface area contributed by atoms with E-state index in [0.717, 1.165) is 25.2 Å². The van der Waals surface area contributed by atoms with Crippen LogP contribution in [-0.2, 0) is 19.5 Å². The number of imidazole rings is 1. The molecule has 1 aliphatic carbocycles. The van der Waals surface area contributed by atoms with Crippen LogP contribution in [0.5, 0.6) is 0 Å². The van der Waals surface area contributed by atoms with Gasteiger partial charge in [-0.05, 0) is 90.1 Å². The number of rotatable bonds is 6. The number of nitrogens with zero attached hydrogens (tertiary/aromatic N) is 6. The molecule has 0 spiro atoms. The van der Waals surface area contributed by atoms with Crippen LogP contribution in [-0.4, -0.2) is 69.3 Å². The Morgan fingerprint density at radius 3 is 2.69 bits per heavy atom. The Morgan fingerprint density at radius 1 is 1.00 bits per heavy atom. The van der Waals surface area contributed by atoms with Gasteiger partial charge in [0.2, 0.25) is 0 Å². The van der Waals surface area contributed by atoms with E-state index in [9.17, 15) is 0 Å². The minimum absolute atomic E-state index is 0.365. The molecule has 32 heavy (non-hydrogen) atoms. The molecule has 4 heterocycles. The number of aromatic nitrogens is 3. The molecule has 0 bridgehead atoms. The van der Waals surface area contributed by atoms with Crippen LogP contribution in [0.1, 0.15) is 54.4 Å². The molecule has 0 amide bonds. The number of pyridine rings is 2. The summed E-state index contributed by atoms with van der Waals surface area (Å²) in [4.78, 5) is 17.3. The maximum Gasteiger partial charge on any atom is 0.137 e. The van der Waals surface area contributed by atoms with Crippen molar-refractivity contribution in [3.8, 4) is 0 Å². The molecule has 6 nitrogen and oxygen atoms in total. The fraction of sp³-hybridized carbons (Fsp3) is 0.538. The molecular formula is C26H36N6. The Morgan fingerprint density at radius 2 is 1.84 bits per heavy atom. The third kappa shape index (κ3) is 4.32. The molecule has 0 saturated carbocycles. The first kappa shape index (κ1) is 21.6. The molecule has 5 rings (SSSR count). The third-order valence-corrected chi connectivity index (χ3v) is 7.52. The number of hydrogen-bond donors (Lipinski definition) is 0. The van der Waals surface area contributed by atoms with Crippen molar-refractivity contribution in [2.45, 2.75) is 57.3 Å². The summed E-state index contributed by atoms with van der Waals surface area (Å²) in [5, 5.41) is 0. The zero-order valence-corrected chi connectivity index (χ0v) is 19.7. The van der Waals surface area contributed by atoms with Crippen molar-refractivity contribution in [3.63, 3.8) is 0 Å². The van der Waals surface area contributed by atoms with Gasteiger partial charge in [0.25, 0.3) is 0 Å². The number of likely N-dealkylation sites (tertiary alicyclic amines) is 1. The van der Waals surface area contributed by atoms with Gasteiger partial charge in [0.1, 0.15) is 5.65 Å². The largest absolute Gasteiger partial charge is 0.306 e. The maximum atomic E-state index is 5.08. The SMILES string of the molecule is CN1CCC(N(C)Cc2c(CN(C)[C@H]3CCCc4cccnc43)nc3ccccn23)CC1. The molecule has 6 heteroatoms. The van der Waals surface area contributed by atoms with Crippen LogP contribution in [0.25, 0.3) is 5.65 Å². The molecule has 170 valence electrons. The van der Waals surface area contributed by atoms with Crippen molar-refractivity contribution < 1.29 is 0 Å². The number of aryl methyl sites for hydroxylation is 1. The van der Waals surface area contributed by atoms with Crippen molar-refractivity contribution in [2.24, 2.45) is 0 Å². The second-order valence-corrected chi connectivity index (χ2v) is 9.75. The van der Waals surface area contributed by atoms with Gasteiger partial charge in [0.05, 0.1) is 23.1 Å². The van der Waals surface area contributed by atoms with Crippen LogP contribution < -0.4 is 0 Å². The Kier molecular flexibility index (Phi) is 6.26. The van der Waals surface area contributed by atoms with Gasteiger partial charge in [-0.3, -0.25) is 14.8 Å². The average molecular weight is 433 g/mol. The van der Waals surface area contributed by atoms with Crippen molar-refractivity contribution in [1.29, 1.82) is 0 Å². The summed E-state index contributed by atoms with van der Waals surface area (Å²) >= 11 is 0. The summed E-state index contributed by atoms with van der Waals surface area (Å²) in [5.41, 5.74) is 6.24. The highest BCUT2D eigenvalue weighted by molar-refractivity contribution is 5.43. The van der Waals surface area contributed by atoms with Crippen molar-refractivity contribution in [2.75, 3.05) is 34.2 Å². The lowest BCUT2D eigenvalue weighted by Crippen LogP contribution is -2.41. The van der Waals surface area contributed by atoms with Crippen LogP contribution in [0, 0.1) is 0 Å². The van der Waals surface area contributed by atoms with Crippen molar-refractivity contribution >= 4 is 5.65 Å². The summed E-state index contributed by atoms with van der Waals surface area (Å²) in [5.74, 6) is 0. The summed E-state index contributed by atoms with van der Waals surface area (Å²) in [6.45, 7) is 4.15. The predicted octanol–water partition coefficient (Wildman–Crippen LogP) is 3.76. The molecular weight excluding hydrogens is 396 g/mol. The van der Waals surface area contributed by atoms with Gasteiger partial charge in [0.15, 0.2) is 0 Å². The van der Waals surface area contributed by atoms with E-state index >= 15 is 0 Å². The van der Waals surface area contributed by atoms with E-state index in [0.29, 0.717) is 12.1 Å². The van der Waals surface area contributed by atoms with Gasteiger partial charge in [-0.25, -0.2) is 4.98 Å². The zero-order valence-electron chi connectivity index (χ0n) is 19.7. The monoisotopic (exact) mass is 432 g/mol. The number of piperidine rings is 1. The minimum Gasteiger partial charge on any atom is -0.306 e. The fourth-order valence-electron chi connectivity index (χ4n) is 5.55. The Balaban J connectivity index is 1.39. The van der Waals surface area contributed by atoms with E-state index in [4.69, 9.17) is 9.97 Å². The van der Waals surface area contributed by atoms with E-state index in [1.165, 1.54) is 61.4 Å². The summed E-state index contributed by atoms with van der Waals surface area (Å²) in [7, 11) is 6.75. The van der Waals surface area contributed by atoms with Crippen LogP contribution in [0.15, 0.2) is 42.7 Å². The van der Waals surface area contributed by atoms with Gasteiger partial charge in [-0.1, -0.05) is 12.1 Å². The third-order valence-electron chi connectivity index (χ3n) is 7.52. The molecule has 0 N–H and O–H groups in total. The Hall–Kier alpha value is -2.28. The van der Waals surface area contributed by atoms with Crippen molar-refractivity contribution in [1.82, 2.24) is 29.1 Å². The van der Waals surface area contributed by atoms with Crippen LogP contribution in [0.2, 0.25) is 0 Å². The van der Waals surface area contributed by atoms with Gasteiger partial charge in [-0.2, -0.15) is 0 Å². The van der Waals surface area contributed by atoms with Crippen LogP contribution in [0.4, 0.5) is 0 Å². The molecule has 3 aromatic heterocycles. The molecule has 0 aromatic carbocycles.